The molecule has 90 valence electrons. The average molecular weight is 222 g/mol. The highest BCUT2D eigenvalue weighted by molar-refractivity contribution is 5.37. The molecule has 0 fully saturated rings. The summed E-state index contributed by atoms with van der Waals surface area (Å²) in [4.78, 5) is 0. The van der Waals surface area contributed by atoms with Crippen LogP contribution in [0.3, 0.4) is 0 Å². The lowest BCUT2D eigenvalue weighted by Gasteiger charge is -2.31. The third-order valence-corrected chi connectivity index (χ3v) is 2.82. The van der Waals surface area contributed by atoms with Crippen molar-refractivity contribution >= 4 is 0 Å². The summed E-state index contributed by atoms with van der Waals surface area (Å²) in [5, 5.41) is 0. The van der Waals surface area contributed by atoms with Crippen molar-refractivity contribution in [3.8, 4) is 5.75 Å². The van der Waals surface area contributed by atoms with Crippen LogP contribution in [0.25, 0.3) is 0 Å². The predicted octanol–water partition coefficient (Wildman–Crippen LogP) is 2.55. The van der Waals surface area contributed by atoms with E-state index < -0.39 is 0 Å². The van der Waals surface area contributed by atoms with Crippen LogP contribution in [0.5, 0.6) is 5.75 Å². The van der Waals surface area contributed by atoms with Gasteiger partial charge < -0.3 is 4.74 Å². The van der Waals surface area contributed by atoms with Crippen molar-refractivity contribution in [2.45, 2.75) is 33.7 Å². The first-order valence-corrected chi connectivity index (χ1v) is 5.51. The summed E-state index contributed by atoms with van der Waals surface area (Å²) in [5.41, 5.74) is 5.38. The van der Waals surface area contributed by atoms with Gasteiger partial charge in [0.25, 0.3) is 0 Å². The molecule has 0 aliphatic heterocycles. The first-order chi connectivity index (χ1) is 7.40. The first kappa shape index (κ1) is 13.0. The second kappa shape index (κ2) is 4.85. The molecule has 1 atom stereocenters. The lowest BCUT2D eigenvalue weighted by molar-refractivity contribution is 0.274. The monoisotopic (exact) mass is 222 g/mol. The summed E-state index contributed by atoms with van der Waals surface area (Å²) in [6.45, 7) is 8.58. The molecule has 0 saturated heterocycles. The summed E-state index contributed by atoms with van der Waals surface area (Å²) in [6.07, 6.45) is 0. The lowest BCUT2D eigenvalue weighted by Crippen LogP contribution is -2.37. The molecule has 0 heterocycles. The largest absolute Gasteiger partial charge is 0.497 e. The minimum atomic E-state index is 0.0775. The highest BCUT2D eigenvalue weighted by atomic mass is 16.5. The van der Waals surface area contributed by atoms with Crippen LogP contribution in [0.15, 0.2) is 18.2 Å². The molecule has 16 heavy (non-hydrogen) atoms. The van der Waals surface area contributed by atoms with Gasteiger partial charge in [-0.2, -0.15) is 0 Å². The van der Waals surface area contributed by atoms with Crippen molar-refractivity contribution in [3.63, 3.8) is 0 Å². The minimum absolute atomic E-state index is 0.0775. The third kappa shape index (κ3) is 2.74. The number of nitrogens with one attached hydrogen (secondary N) is 1. The van der Waals surface area contributed by atoms with E-state index in [0.717, 1.165) is 5.75 Å². The number of hydrogen-bond acceptors (Lipinski definition) is 3. The Hall–Kier alpha value is -1.06. The van der Waals surface area contributed by atoms with Gasteiger partial charge in [0.15, 0.2) is 0 Å². The molecule has 3 N–H and O–H groups in total. The van der Waals surface area contributed by atoms with E-state index in [0.29, 0.717) is 0 Å². The van der Waals surface area contributed by atoms with E-state index in [9.17, 15) is 0 Å². The van der Waals surface area contributed by atoms with Gasteiger partial charge in [0.05, 0.1) is 13.2 Å². The fraction of sp³-hybridized carbons (Fsp3) is 0.538. The number of methoxy groups -OCH3 is 1. The Labute approximate surface area is 98.0 Å². The number of hydrogen-bond donors (Lipinski definition) is 2. The Morgan fingerprint density at radius 1 is 1.31 bits per heavy atom. The quantitative estimate of drug-likeness (QED) is 0.610. The van der Waals surface area contributed by atoms with Gasteiger partial charge in [-0.05, 0) is 35.6 Å². The third-order valence-electron chi connectivity index (χ3n) is 2.82. The van der Waals surface area contributed by atoms with E-state index in [1.54, 1.807) is 7.11 Å². The summed E-state index contributed by atoms with van der Waals surface area (Å²) in [5.74, 6) is 6.53. The van der Waals surface area contributed by atoms with Crippen LogP contribution < -0.4 is 16.0 Å². The molecule has 1 rings (SSSR count). The molecule has 0 aromatic heterocycles. The molecule has 3 nitrogen and oxygen atoms in total. The molecule has 0 aliphatic carbocycles. The standard InChI is InChI=1S/C13H22N2O/c1-9-8-10(16-5)6-7-11(9)12(15-14)13(2,3)4/h6-8,12,15H,14H2,1-5H3. The number of nitrogens with two attached hydrogens (primary N) is 1. The van der Waals surface area contributed by atoms with Crippen molar-refractivity contribution in [1.82, 2.24) is 5.43 Å². The lowest BCUT2D eigenvalue weighted by atomic mass is 9.81. The van der Waals surface area contributed by atoms with Crippen LogP contribution in [0.4, 0.5) is 0 Å². The van der Waals surface area contributed by atoms with Crippen LogP contribution in [0.1, 0.15) is 37.9 Å². The summed E-state index contributed by atoms with van der Waals surface area (Å²) in [6, 6.07) is 6.21. The topological polar surface area (TPSA) is 47.3 Å². The zero-order chi connectivity index (χ0) is 12.3. The van der Waals surface area contributed by atoms with Gasteiger partial charge in [0.1, 0.15) is 5.75 Å². The molecule has 3 heteroatoms. The Morgan fingerprint density at radius 3 is 2.31 bits per heavy atom. The highest BCUT2D eigenvalue weighted by Crippen LogP contribution is 2.34. The number of aryl methyl sites for hydroxylation is 1. The Kier molecular flexibility index (Phi) is 3.94. The first-order valence-electron chi connectivity index (χ1n) is 5.51. The van der Waals surface area contributed by atoms with E-state index in [2.05, 4.69) is 39.2 Å². The molecular formula is C13H22N2O. The predicted molar refractivity (Wildman–Crippen MR) is 67.3 cm³/mol. The van der Waals surface area contributed by atoms with Gasteiger partial charge >= 0.3 is 0 Å². The zero-order valence-electron chi connectivity index (χ0n) is 10.8. The van der Waals surface area contributed by atoms with Crippen molar-refractivity contribution in [2.75, 3.05) is 7.11 Å². The number of benzene rings is 1. The average Bonchev–Trinajstić information content (AvgIpc) is 2.19. The SMILES string of the molecule is COc1ccc(C(NN)C(C)(C)C)c(C)c1. The molecule has 1 unspecified atom stereocenters. The number of ether oxygens (including phenoxy) is 1. The molecule has 0 amide bonds. The van der Waals surface area contributed by atoms with Crippen molar-refractivity contribution < 1.29 is 4.74 Å². The van der Waals surface area contributed by atoms with Gasteiger partial charge in [0.2, 0.25) is 0 Å². The van der Waals surface area contributed by atoms with Crippen LogP contribution in [-0.2, 0) is 0 Å². The minimum Gasteiger partial charge on any atom is -0.497 e. The van der Waals surface area contributed by atoms with Gasteiger partial charge in [-0.15, -0.1) is 0 Å². The highest BCUT2D eigenvalue weighted by Gasteiger charge is 2.26. The summed E-state index contributed by atoms with van der Waals surface area (Å²) in [7, 11) is 1.68. The van der Waals surface area contributed by atoms with Crippen LogP contribution in [0, 0.1) is 12.3 Å². The second-order valence-corrected chi connectivity index (χ2v) is 5.19. The van der Waals surface area contributed by atoms with Gasteiger partial charge in [-0.1, -0.05) is 26.8 Å². The number of hydrazine groups is 1. The molecule has 1 aromatic rings. The molecular weight excluding hydrogens is 200 g/mol. The fourth-order valence-electron chi connectivity index (χ4n) is 1.91. The summed E-state index contributed by atoms with van der Waals surface area (Å²) >= 11 is 0. The van der Waals surface area contributed by atoms with E-state index in [1.165, 1.54) is 11.1 Å². The van der Waals surface area contributed by atoms with E-state index >= 15 is 0 Å². The maximum atomic E-state index is 5.65. The molecule has 0 bridgehead atoms. The van der Waals surface area contributed by atoms with Gasteiger partial charge in [-0.25, -0.2) is 0 Å². The maximum absolute atomic E-state index is 5.65. The van der Waals surface area contributed by atoms with Gasteiger partial charge in [0, 0.05) is 0 Å². The Bertz CT molecular complexity index is 355. The smallest absolute Gasteiger partial charge is 0.119 e. The van der Waals surface area contributed by atoms with Crippen LogP contribution in [0.2, 0.25) is 0 Å². The summed E-state index contributed by atoms with van der Waals surface area (Å²) < 4.78 is 5.20. The Balaban J connectivity index is 3.12. The fourth-order valence-corrected chi connectivity index (χ4v) is 1.91. The maximum Gasteiger partial charge on any atom is 0.119 e. The zero-order valence-corrected chi connectivity index (χ0v) is 10.8. The van der Waals surface area contributed by atoms with Crippen LogP contribution in [-0.4, -0.2) is 7.11 Å². The molecule has 0 spiro atoms. The van der Waals surface area contributed by atoms with E-state index in [4.69, 9.17) is 10.6 Å². The van der Waals surface area contributed by atoms with Crippen molar-refractivity contribution in [2.24, 2.45) is 11.3 Å². The second-order valence-electron chi connectivity index (χ2n) is 5.19. The van der Waals surface area contributed by atoms with Crippen molar-refractivity contribution in [1.29, 1.82) is 0 Å². The number of rotatable bonds is 3. The molecule has 0 saturated carbocycles. The molecule has 1 aromatic carbocycles. The van der Waals surface area contributed by atoms with E-state index in [-0.39, 0.29) is 11.5 Å². The normalized spacial score (nSPS) is 13.6. The Morgan fingerprint density at radius 2 is 1.94 bits per heavy atom. The molecule has 0 radical (unpaired) electrons. The van der Waals surface area contributed by atoms with Gasteiger partial charge in [-0.3, -0.25) is 11.3 Å². The molecule has 0 aliphatic rings. The van der Waals surface area contributed by atoms with E-state index in [1.807, 2.05) is 12.1 Å². The van der Waals surface area contributed by atoms with Crippen molar-refractivity contribution in [3.05, 3.63) is 29.3 Å². The van der Waals surface area contributed by atoms with Crippen LogP contribution >= 0.6 is 0 Å².